The molecule has 0 aromatic heterocycles. The Morgan fingerprint density at radius 2 is 1.72 bits per heavy atom. The molecule has 29 heavy (non-hydrogen) atoms. The van der Waals surface area contributed by atoms with Crippen molar-refractivity contribution in [1.82, 2.24) is 4.90 Å². The molecule has 2 aromatic rings. The summed E-state index contributed by atoms with van der Waals surface area (Å²) in [5.74, 6) is 1.83. The van der Waals surface area contributed by atoms with Crippen LogP contribution in [-0.2, 0) is 11.3 Å². The zero-order valence-corrected chi connectivity index (χ0v) is 18.0. The third-order valence-electron chi connectivity index (χ3n) is 5.59. The van der Waals surface area contributed by atoms with E-state index in [2.05, 4.69) is 42.2 Å². The number of methoxy groups -OCH3 is 2. The molecule has 1 saturated heterocycles. The number of likely N-dealkylation sites (tertiary alicyclic amines) is 1. The molecule has 0 radical (unpaired) electrons. The Kier molecular flexibility index (Phi) is 7.15. The summed E-state index contributed by atoms with van der Waals surface area (Å²) in [6.45, 7) is 6.79. The van der Waals surface area contributed by atoms with Crippen molar-refractivity contribution in [2.45, 2.75) is 45.7 Å². The van der Waals surface area contributed by atoms with Crippen molar-refractivity contribution in [2.75, 3.05) is 32.2 Å². The van der Waals surface area contributed by atoms with Crippen LogP contribution in [0.2, 0.25) is 0 Å². The largest absolute Gasteiger partial charge is 0.497 e. The molecule has 3 rings (SSSR count). The van der Waals surface area contributed by atoms with E-state index in [9.17, 15) is 4.79 Å². The summed E-state index contributed by atoms with van der Waals surface area (Å²) in [6, 6.07) is 14.5. The number of amides is 1. The predicted octanol–water partition coefficient (Wildman–Crippen LogP) is 4.42. The highest BCUT2D eigenvalue weighted by Crippen LogP contribution is 2.28. The molecule has 0 atom stereocenters. The van der Waals surface area contributed by atoms with Gasteiger partial charge in [-0.05, 0) is 55.2 Å². The van der Waals surface area contributed by atoms with Crippen LogP contribution in [0.4, 0.5) is 5.69 Å². The molecule has 156 valence electrons. The molecule has 1 aliphatic rings. The summed E-state index contributed by atoms with van der Waals surface area (Å²) in [5.41, 5.74) is 3.38. The molecule has 1 aliphatic heterocycles. The minimum absolute atomic E-state index is 0.201. The van der Waals surface area contributed by atoms with E-state index in [1.54, 1.807) is 14.2 Å². The number of hydrogen-bond acceptors (Lipinski definition) is 4. The summed E-state index contributed by atoms with van der Waals surface area (Å²) < 4.78 is 10.8. The third kappa shape index (κ3) is 5.30. The number of aryl methyl sites for hydroxylation is 1. The van der Waals surface area contributed by atoms with Gasteiger partial charge in [0.05, 0.1) is 14.2 Å². The zero-order valence-electron chi connectivity index (χ0n) is 18.0. The van der Waals surface area contributed by atoms with Crippen LogP contribution in [0.25, 0.3) is 0 Å². The van der Waals surface area contributed by atoms with Gasteiger partial charge in [-0.2, -0.15) is 0 Å². The molecule has 0 unspecified atom stereocenters. The minimum atomic E-state index is 0.201. The second kappa shape index (κ2) is 9.79. The lowest BCUT2D eigenvalue weighted by Gasteiger charge is -2.38. The van der Waals surface area contributed by atoms with E-state index >= 15 is 0 Å². The van der Waals surface area contributed by atoms with Crippen molar-refractivity contribution in [3.8, 4) is 11.5 Å². The summed E-state index contributed by atoms with van der Waals surface area (Å²) in [5, 5.41) is 0. The van der Waals surface area contributed by atoms with E-state index in [0.29, 0.717) is 6.42 Å². The third-order valence-corrected chi connectivity index (χ3v) is 5.59. The molecule has 1 heterocycles. The average molecular weight is 397 g/mol. The first kappa shape index (κ1) is 21.2. The Hall–Kier alpha value is -2.53. The highest BCUT2D eigenvalue weighted by atomic mass is 16.5. The van der Waals surface area contributed by atoms with Gasteiger partial charge in [0.25, 0.3) is 0 Å². The molecule has 0 N–H and O–H groups in total. The van der Waals surface area contributed by atoms with Crippen molar-refractivity contribution in [3.05, 3.63) is 53.6 Å². The molecule has 0 saturated carbocycles. The second-order valence-corrected chi connectivity index (χ2v) is 7.68. The molecule has 5 nitrogen and oxygen atoms in total. The van der Waals surface area contributed by atoms with Gasteiger partial charge in [0.2, 0.25) is 5.91 Å². The number of hydrogen-bond donors (Lipinski definition) is 0. The van der Waals surface area contributed by atoms with Crippen LogP contribution in [0.3, 0.4) is 0 Å². The number of anilines is 1. The summed E-state index contributed by atoms with van der Waals surface area (Å²) in [4.78, 5) is 17.2. The first-order chi connectivity index (χ1) is 14.0. The van der Waals surface area contributed by atoms with Gasteiger partial charge in [-0.15, -0.1) is 0 Å². The zero-order chi connectivity index (χ0) is 20.8. The number of carbonyl (C=O) groups excluding carboxylic acids is 1. The molecular weight excluding hydrogens is 364 g/mol. The van der Waals surface area contributed by atoms with Gasteiger partial charge in [0, 0.05) is 43.9 Å². The van der Waals surface area contributed by atoms with Crippen LogP contribution < -0.4 is 14.4 Å². The average Bonchev–Trinajstić information content (AvgIpc) is 2.74. The normalized spacial score (nSPS) is 15.2. The molecule has 0 bridgehead atoms. The smallest absolute Gasteiger partial charge is 0.226 e. The number of carbonyl (C=O) groups is 1. The van der Waals surface area contributed by atoms with E-state index in [1.807, 2.05) is 24.0 Å². The molecule has 2 aromatic carbocycles. The molecule has 5 heteroatoms. The maximum Gasteiger partial charge on any atom is 0.226 e. The van der Waals surface area contributed by atoms with Crippen LogP contribution in [0.5, 0.6) is 11.5 Å². The molecule has 0 aliphatic carbocycles. The quantitative estimate of drug-likeness (QED) is 0.695. The van der Waals surface area contributed by atoms with Crippen LogP contribution in [-0.4, -0.2) is 44.2 Å². The SMILES string of the molecule is CCC(=O)N(c1cccc(C)c1)C1CCN(Cc2cc(OC)cc(OC)c2)CC1. The van der Waals surface area contributed by atoms with Crippen molar-refractivity contribution >= 4 is 11.6 Å². The maximum absolute atomic E-state index is 12.7. The lowest BCUT2D eigenvalue weighted by atomic mass is 10.0. The first-order valence-electron chi connectivity index (χ1n) is 10.4. The van der Waals surface area contributed by atoms with Gasteiger partial charge in [-0.1, -0.05) is 19.1 Å². The van der Waals surface area contributed by atoms with E-state index < -0.39 is 0 Å². The fourth-order valence-electron chi connectivity index (χ4n) is 4.06. The van der Waals surface area contributed by atoms with Crippen molar-refractivity contribution in [2.24, 2.45) is 0 Å². The van der Waals surface area contributed by atoms with Crippen LogP contribution >= 0.6 is 0 Å². The van der Waals surface area contributed by atoms with Crippen LogP contribution in [0.1, 0.15) is 37.3 Å². The highest BCUT2D eigenvalue weighted by Gasteiger charge is 2.28. The molecular formula is C24H32N2O3. The Morgan fingerprint density at radius 3 is 2.28 bits per heavy atom. The van der Waals surface area contributed by atoms with E-state index in [0.717, 1.165) is 49.7 Å². The van der Waals surface area contributed by atoms with E-state index in [-0.39, 0.29) is 11.9 Å². The molecule has 1 fully saturated rings. The van der Waals surface area contributed by atoms with Crippen LogP contribution in [0.15, 0.2) is 42.5 Å². The van der Waals surface area contributed by atoms with Crippen molar-refractivity contribution < 1.29 is 14.3 Å². The van der Waals surface area contributed by atoms with Gasteiger partial charge < -0.3 is 14.4 Å². The van der Waals surface area contributed by atoms with Gasteiger partial charge in [0.15, 0.2) is 0 Å². The first-order valence-corrected chi connectivity index (χ1v) is 10.4. The molecule has 1 amide bonds. The van der Waals surface area contributed by atoms with Gasteiger partial charge >= 0.3 is 0 Å². The van der Waals surface area contributed by atoms with Gasteiger partial charge in [0.1, 0.15) is 11.5 Å². The van der Waals surface area contributed by atoms with Gasteiger partial charge in [-0.25, -0.2) is 0 Å². The minimum Gasteiger partial charge on any atom is -0.497 e. The monoisotopic (exact) mass is 396 g/mol. The Balaban J connectivity index is 1.68. The standard InChI is InChI=1S/C24H32N2O3/c1-5-24(27)26(21-8-6-7-18(2)13-21)20-9-11-25(12-10-20)17-19-14-22(28-3)16-23(15-19)29-4/h6-8,13-16,20H,5,9-12,17H2,1-4H3. The lowest BCUT2D eigenvalue weighted by molar-refractivity contribution is -0.119. The number of rotatable bonds is 7. The Bertz CT molecular complexity index is 806. The fourth-order valence-corrected chi connectivity index (χ4v) is 4.06. The summed E-state index contributed by atoms with van der Waals surface area (Å²) in [7, 11) is 3.35. The maximum atomic E-state index is 12.7. The topological polar surface area (TPSA) is 42.0 Å². The second-order valence-electron chi connectivity index (χ2n) is 7.68. The predicted molar refractivity (Wildman–Crippen MR) is 117 cm³/mol. The summed E-state index contributed by atoms with van der Waals surface area (Å²) in [6.07, 6.45) is 2.47. The van der Waals surface area contributed by atoms with Crippen molar-refractivity contribution in [3.63, 3.8) is 0 Å². The number of benzene rings is 2. The lowest BCUT2D eigenvalue weighted by Crippen LogP contribution is -2.47. The van der Waals surface area contributed by atoms with Gasteiger partial charge in [-0.3, -0.25) is 9.69 Å². The fraction of sp³-hybridized carbons (Fsp3) is 0.458. The highest BCUT2D eigenvalue weighted by molar-refractivity contribution is 5.93. The Labute approximate surface area is 174 Å². The number of ether oxygens (including phenoxy) is 2. The van der Waals surface area contributed by atoms with Crippen molar-refractivity contribution in [1.29, 1.82) is 0 Å². The summed E-state index contributed by atoms with van der Waals surface area (Å²) >= 11 is 0. The number of piperidine rings is 1. The van der Waals surface area contributed by atoms with E-state index in [4.69, 9.17) is 9.47 Å². The molecule has 0 spiro atoms. The van der Waals surface area contributed by atoms with Crippen LogP contribution in [0, 0.1) is 6.92 Å². The van der Waals surface area contributed by atoms with E-state index in [1.165, 1.54) is 11.1 Å². The number of nitrogens with zero attached hydrogens (tertiary/aromatic N) is 2. The Morgan fingerprint density at radius 1 is 1.07 bits per heavy atom.